The zero-order valence-electron chi connectivity index (χ0n) is 11.4. The second-order valence-corrected chi connectivity index (χ2v) is 5.65. The van der Waals surface area contributed by atoms with Gasteiger partial charge in [-0.05, 0) is 48.9 Å². The minimum Gasteiger partial charge on any atom is -0.342 e. The Bertz CT molecular complexity index is 569. The Morgan fingerprint density at radius 2 is 2.10 bits per heavy atom. The fourth-order valence-electron chi connectivity index (χ4n) is 2.65. The van der Waals surface area contributed by atoms with Crippen LogP contribution in [0.2, 0.25) is 0 Å². The van der Waals surface area contributed by atoms with Gasteiger partial charge in [-0.25, -0.2) is 4.39 Å². The number of amides is 2. The van der Waals surface area contributed by atoms with Gasteiger partial charge in [0.25, 0.3) is 0 Å². The molecule has 1 aliphatic heterocycles. The average molecular weight is 276 g/mol. The molecule has 1 N–H and O–H groups in total. The maximum Gasteiger partial charge on any atom is 0.246 e. The first-order valence-corrected chi connectivity index (χ1v) is 6.88. The van der Waals surface area contributed by atoms with Crippen LogP contribution in [0.5, 0.6) is 0 Å². The summed E-state index contributed by atoms with van der Waals surface area (Å²) in [5.41, 5.74) is 1.68. The molecular weight excluding hydrogens is 259 g/mol. The monoisotopic (exact) mass is 276 g/mol. The molecule has 106 valence electrons. The Labute approximate surface area is 117 Å². The highest BCUT2D eigenvalue weighted by molar-refractivity contribution is 5.95. The van der Waals surface area contributed by atoms with Gasteiger partial charge in [0.15, 0.2) is 0 Å². The van der Waals surface area contributed by atoms with Crippen LogP contribution >= 0.6 is 0 Å². The Kier molecular flexibility index (Phi) is 3.20. The molecule has 1 aromatic rings. The SMILES string of the molecule is Cc1cc(F)ccc1CN1CC(=O)NC(C2CC2)C1=O. The molecule has 5 heteroatoms. The van der Waals surface area contributed by atoms with E-state index in [0.717, 1.165) is 24.0 Å². The molecule has 4 nitrogen and oxygen atoms in total. The average Bonchev–Trinajstić information content (AvgIpc) is 3.21. The second-order valence-electron chi connectivity index (χ2n) is 5.65. The van der Waals surface area contributed by atoms with Crippen molar-refractivity contribution in [3.63, 3.8) is 0 Å². The number of hydrogen-bond acceptors (Lipinski definition) is 2. The van der Waals surface area contributed by atoms with Crippen molar-refractivity contribution in [1.82, 2.24) is 10.2 Å². The van der Waals surface area contributed by atoms with Gasteiger partial charge in [-0.1, -0.05) is 6.07 Å². The smallest absolute Gasteiger partial charge is 0.246 e. The molecule has 1 aromatic carbocycles. The molecule has 0 radical (unpaired) electrons. The normalized spacial score (nSPS) is 22.9. The van der Waals surface area contributed by atoms with Crippen LogP contribution in [0.15, 0.2) is 18.2 Å². The number of piperazine rings is 1. The van der Waals surface area contributed by atoms with Crippen molar-refractivity contribution in [2.24, 2.45) is 5.92 Å². The number of carbonyl (C=O) groups is 2. The molecule has 1 unspecified atom stereocenters. The quantitative estimate of drug-likeness (QED) is 0.906. The Morgan fingerprint density at radius 1 is 1.35 bits per heavy atom. The van der Waals surface area contributed by atoms with Crippen LogP contribution in [0.3, 0.4) is 0 Å². The molecule has 1 aliphatic carbocycles. The van der Waals surface area contributed by atoms with Crippen LogP contribution in [-0.4, -0.2) is 29.3 Å². The van der Waals surface area contributed by atoms with Gasteiger partial charge in [-0.2, -0.15) is 0 Å². The van der Waals surface area contributed by atoms with Crippen molar-refractivity contribution in [2.45, 2.75) is 32.4 Å². The predicted molar refractivity (Wildman–Crippen MR) is 71.2 cm³/mol. The summed E-state index contributed by atoms with van der Waals surface area (Å²) in [5, 5.41) is 2.78. The van der Waals surface area contributed by atoms with Gasteiger partial charge in [0, 0.05) is 6.54 Å². The van der Waals surface area contributed by atoms with Gasteiger partial charge in [-0.15, -0.1) is 0 Å². The highest BCUT2D eigenvalue weighted by atomic mass is 19.1. The molecular formula is C15H17FN2O2. The molecule has 3 rings (SSSR count). The van der Waals surface area contributed by atoms with Gasteiger partial charge >= 0.3 is 0 Å². The van der Waals surface area contributed by atoms with Crippen LogP contribution in [0, 0.1) is 18.7 Å². The third-order valence-corrected chi connectivity index (χ3v) is 3.99. The predicted octanol–water partition coefficient (Wildman–Crippen LogP) is 1.37. The summed E-state index contributed by atoms with van der Waals surface area (Å²) in [5.74, 6) is -0.120. The number of carbonyl (C=O) groups excluding carboxylic acids is 2. The maximum atomic E-state index is 13.1. The molecule has 2 amide bonds. The van der Waals surface area contributed by atoms with E-state index < -0.39 is 0 Å². The molecule has 0 bridgehead atoms. The van der Waals surface area contributed by atoms with E-state index in [4.69, 9.17) is 0 Å². The van der Waals surface area contributed by atoms with Gasteiger partial charge < -0.3 is 10.2 Å². The molecule has 20 heavy (non-hydrogen) atoms. The fraction of sp³-hybridized carbons (Fsp3) is 0.467. The van der Waals surface area contributed by atoms with Crippen molar-refractivity contribution in [3.05, 3.63) is 35.1 Å². The van der Waals surface area contributed by atoms with Crippen LogP contribution in [0.1, 0.15) is 24.0 Å². The highest BCUT2D eigenvalue weighted by Crippen LogP contribution is 2.34. The van der Waals surface area contributed by atoms with Crippen molar-refractivity contribution >= 4 is 11.8 Å². The lowest BCUT2D eigenvalue weighted by atomic mass is 10.0. The second kappa shape index (κ2) is 4.89. The van der Waals surface area contributed by atoms with Crippen LogP contribution in [0.4, 0.5) is 4.39 Å². The molecule has 0 aromatic heterocycles. The first-order valence-electron chi connectivity index (χ1n) is 6.88. The van der Waals surface area contributed by atoms with Crippen molar-refractivity contribution in [3.8, 4) is 0 Å². The highest BCUT2D eigenvalue weighted by Gasteiger charge is 2.42. The lowest BCUT2D eigenvalue weighted by Crippen LogP contribution is -2.58. The fourth-order valence-corrected chi connectivity index (χ4v) is 2.65. The van der Waals surface area contributed by atoms with Crippen LogP contribution in [0.25, 0.3) is 0 Å². The van der Waals surface area contributed by atoms with Gasteiger partial charge in [0.05, 0.1) is 6.54 Å². The Balaban J connectivity index is 1.78. The third-order valence-electron chi connectivity index (χ3n) is 3.99. The van der Waals surface area contributed by atoms with Crippen LogP contribution < -0.4 is 5.32 Å². The van der Waals surface area contributed by atoms with E-state index in [1.807, 2.05) is 6.92 Å². The summed E-state index contributed by atoms with van der Waals surface area (Å²) in [4.78, 5) is 25.7. The standard InChI is InChI=1S/C15H17FN2O2/c1-9-6-12(16)5-4-11(9)7-18-8-13(19)17-14(15(18)20)10-2-3-10/h4-6,10,14H,2-3,7-8H2,1H3,(H,17,19). The summed E-state index contributed by atoms with van der Waals surface area (Å²) in [6.45, 7) is 2.26. The Hall–Kier alpha value is -1.91. The number of halogens is 1. The number of benzene rings is 1. The molecule has 1 heterocycles. The minimum absolute atomic E-state index is 0.0178. The Morgan fingerprint density at radius 3 is 2.75 bits per heavy atom. The molecule has 2 fully saturated rings. The van der Waals surface area contributed by atoms with Gasteiger partial charge in [0.2, 0.25) is 11.8 Å². The lowest BCUT2D eigenvalue weighted by Gasteiger charge is -2.33. The van der Waals surface area contributed by atoms with E-state index in [9.17, 15) is 14.0 Å². The van der Waals surface area contributed by atoms with E-state index >= 15 is 0 Å². The summed E-state index contributed by atoms with van der Waals surface area (Å²) in [6, 6.07) is 4.14. The first kappa shape index (κ1) is 13.1. The summed E-state index contributed by atoms with van der Waals surface area (Å²) < 4.78 is 13.1. The number of rotatable bonds is 3. The van der Waals surface area contributed by atoms with E-state index in [1.54, 1.807) is 11.0 Å². The molecule has 0 spiro atoms. The maximum absolute atomic E-state index is 13.1. The van der Waals surface area contributed by atoms with Gasteiger partial charge in [0.1, 0.15) is 11.9 Å². The summed E-state index contributed by atoms with van der Waals surface area (Å²) >= 11 is 0. The van der Waals surface area contributed by atoms with E-state index in [-0.39, 0.29) is 30.2 Å². The summed E-state index contributed by atoms with van der Waals surface area (Å²) in [6.07, 6.45) is 2.00. The summed E-state index contributed by atoms with van der Waals surface area (Å²) in [7, 11) is 0. The number of aryl methyl sites for hydroxylation is 1. The minimum atomic E-state index is -0.364. The molecule has 1 saturated carbocycles. The molecule has 2 aliphatic rings. The van der Waals surface area contributed by atoms with E-state index in [1.165, 1.54) is 12.1 Å². The zero-order valence-corrected chi connectivity index (χ0v) is 11.4. The van der Waals surface area contributed by atoms with E-state index in [2.05, 4.69) is 5.32 Å². The van der Waals surface area contributed by atoms with Crippen molar-refractivity contribution < 1.29 is 14.0 Å². The van der Waals surface area contributed by atoms with E-state index in [0.29, 0.717) is 12.5 Å². The number of hydrogen-bond donors (Lipinski definition) is 1. The zero-order chi connectivity index (χ0) is 14.3. The topological polar surface area (TPSA) is 49.4 Å². The van der Waals surface area contributed by atoms with Crippen molar-refractivity contribution in [2.75, 3.05) is 6.54 Å². The molecule has 1 saturated heterocycles. The first-order chi connectivity index (χ1) is 9.54. The number of nitrogens with zero attached hydrogens (tertiary/aromatic N) is 1. The van der Waals surface area contributed by atoms with Gasteiger partial charge in [-0.3, -0.25) is 9.59 Å². The van der Waals surface area contributed by atoms with Crippen LogP contribution in [-0.2, 0) is 16.1 Å². The largest absolute Gasteiger partial charge is 0.342 e. The van der Waals surface area contributed by atoms with Crippen molar-refractivity contribution in [1.29, 1.82) is 0 Å². The molecule has 1 atom stereocenters. The number of nitrogens with one attached hydrogen (secondary N) is 1. The lowest BCUT2D eigenvalue weighted by molar-refractivity contribution is -0.145. The third kappa shape index (κ3) is 2.53.